The monoisotopic (exact) mass is 192 g/mol. The second-order valence-electron chi connectivity index (χ2n) is 4.44. The summed E-state index contributed by atoms with van der Waals surface area (Å²) in [7, 11) is 0. The number of cyclic esters (lactones) is 2. The highest BCUT2D eigenvalue weighted by Gasteiger charge is 2.51. The van der Waals surface area contributed by atoms with Gasteiger partial charge >= 0.3 is 11.9 Å². The summed E-state index contributed by atoms with van der Waals surface area (Å²) < 4.78 is 4.69. The summed E-state index contributed by atoms with van der Waals surface area (Å²) >= 11 is 0. The minimum Gasteiger partial charge on any atom is -0.392 e. The molecule has 0 aromatic carbocycles. The Morgan fingerprint density at radius 3 is 2.86 bits per heavy atom. The van der Waals surface area contributed by atoms with E-state index in [9.17, 15) is 9.59 Å². The number of fused-ring (bicyclic) bond motifs is 3. The Balaban J connectivity index is 2.00. The van der Waals surface area contributed by atoms with Gasteiger partial charge in [-0.25, -0.2) is 0 Å². The SMILES string of the molecule is O=C1OC(=O)C2C1C=CC1CCCC12. The molecular weight excluding hydrogens is 180 g/mol. The summed E-state index contributed by atoms with van der Waals surface area (Å²) in [6.07, 6.45) is 7.39. The summed E-state index contributed by atoms with van der Waals surface area (Å²) in [5.41, 5.74) is 0. The molecule has 4 unspecified atom stereocenters. The maximum absolute atomic E-state index is 11.5. The average Bonchev–Trinajstić information content (AvgIpc) is 2.71. The second kappa shape index (κ2) is 2.69. The molecule has 1 heterocycles. The van der Waals surface area contributed by atoms with Gasteiger partial charge < -0.3 is 4.74 Å². The van der Waals surface area contributed by atoms with Crippen molar-refractivity contribution in [1.82, 2.24) is 0 Å². The van der Waals surface area contributed by atoms with E-state index in [0.29, 0.717) is 11.8 Å². The number of carbonyl (C=O) groups excluding carboxylic acids is 2. The summed E-state index contributed by atoms with van der Waals surface area (Å²) in [5, 5.41) is 0. The van der Waals surface area contributed by atoms with Gasteiger partial charge in [-0.2, -0.15) is 0 Å². The Hall–Kier alpha value is -1.12. The Kier molecular flexibility index (Phi) is 1.58. The predicted octanol–water partition coefficient (Wildman–Crippen LogP) is 1.29. The summed E-state index contributed by atoms with van der Waals surface area (Å²) in [6.45, 7) is 0. The van der Waals surface area contributed by atoms with Crippen molar-refractivity contribution in [2.75, 3.05) is 0 Å². The Morgan fingerprint density at radius 2 is 2.00 bits per heavy atom. The van der Waals surface area contributed by atoms with Gasteiger partial charge in [-0.15, -0.1) is 0 Å². The maximum Gasteiger partial charge on any atom is 0.321 e. The van der Waals surface area contributed by atoms with Crippen molar-refractivity contribution in [2.24, 2.45) is 23.7 Å². The lowest BCUT2D eigenvalue weighted by Gasteiger charge is -2.26. The number of hydrogen-bond acceptors (Lipinski definition) is 3. The number of allylic oxidation sites excluding steroid dienone is 1. The quantitative estimate of drug-likeness (QED) is 0.330. The Morgan fingerprint density at radius 1 is 1.14 bits per heavy atom. The van der Waals surface area contributed by atoms with E-state index in [0.717, 1.165) is 12.8 Å². The number of ether oxygens (including phenoxy) is 1. The van der Waals surface area contributed by atoms with E-state index in [1.165, 1.54) is 6.42 Å². The molecule has 0 N–H and O–H groups in total. The lowest BCUT2D eigenvalue weighted by atomic mass is 9.73. The van der Waals surface area contributed by atoms with Crippen LogP contribution in [0.2, 0.25) is 0 Å². The van der Waals surface area contributed by atoms with Crippen LogP contribution in [0.25, 0.3) is 0 Å². The first-order valence-electron chi connectivity index (χ1n) is 5.21. The molecule has 14 heavy (non-hydrogen) atoms. The molecule has 3 aliphatic rings. The maximum atomic E-state index is 11.5. The minimum atomic E-state index is -0.346. The fourth-order valence-electron chi connectivity index (χ4n) is 3.13. The van der Waals surface area contributed by atoms with Gasteiger partial charge in [-0.05, 0) is 24.7 Å². The number of hydrogen-bond donors (Lipinski definition) is 0. The summed E-state index contributed by atoms with van der Waals surface area (Å²) in [6, 6.07) is 0. The van der Waals surface area contributed by atoms with Crippen LogP contribution in [0, 0.1) is 23.7 Å². The molecule has 2 fully saturated rings. The van der Waals surface area contributed by atoms with E-state index in [1.807, 2.05) is 6.08 Å². The molecule has 0 bridgehead atoms. The van der Waals surface area contributed by atoms with Crippen LogP contribution in [0.4, 0.5) is 0 Å². The molecule has 0 aromatic heterocycles. The van der Waals surface area contributed by atoms with Gasteiger partial charge in [0.2, 0.25) is 0 Å². The molecule has 3 heteroatoms. The van der Waals surface area contributed by atoms with Gasteiger partial charge in [0.05, 0.1) is 11.8 Å². The van der Waals surface area contributed by atoms with Crippen LogP contribution >= 0.6 is 0 Å². The zero-order valence-electron chi connectivity index (χ0n) is 7.81. The van der Waals surface area contributed by atoms with Gasteiger partial charge in [0.1, 0.15) is 0 Å². The molecule has 0 radical (unpaired) electrons. The van der Waals surface area contributed by atoms with Crippen LogP contribution in [0.5, 0.6) is 0 Å². The predicted molar refractivity (Wildman–Crippen MR) is 48.1 cm³/mol. The molecule has 3 nitrogen and oxygen atoms in total. The van der Waals surface area contributed by atoms with E-state index in [1.54, 1.807) is 0 Å². The van der Waals surface area contributed by atoms with Crippen LogP contribution in [0.15, 0.2) is 12.2 Å². The van der Waals surface area contributed by atoms with E-state index >= 15 is 0 Å². The molecule has 0 spiro atoms. The van der Waals surface area contributed by atoms with Gasteiger partial charge in [0.15, 0.2) is 0 Å². The highest BCUT2D eigenvalue weighted by Crippen LogP contribution is 2.47. The second-order valence-corrected chi connectivity index (χ2v) is 4.44. The number of esters is 2. The van der Waals surface area contributed by atoms with Crippen LogP contribution in [-0.2, 0) is 14.3 Å². The lowest BCUT2D eigenvalue weighted by Crippen LogP contribution is -2.30. The zero-order chi connectivity index (χ0) is 9.71. The van der Waals surface area contributed by atoms with E-state index in [2.05, 4.69) is 10.8 Å². The van der Waals surface area contributed by atoms with Crippen molar-refractivity contribution < 1.29 is 14.3 Å². The van der Waals surface area contributed by atoms with Crippen molar-refractivity contribution in [3.05, 3.63) is 12.2 Å². The topological polar surface area (TPSA) is 43.4 Å². The van der Waals surface area contributed by atoms with E-state index < -0.39 is 0 Å². The molecule has 74 valence electrons. The van der Waals surface area contributed by atoms with Crippen LogP contribution in [-0.4, -0.2) is 11.9 Å². The highest BCUT2D eigenvalue weighted by molar-refractivity contribution is 5.98. The normalized spacial score (nSPS) is 44.9. The first-order valence-corrected chi connectivity index (χ1v) is 5.21. The lowest BCUT2D eigenvalue weighted by molar-refractivity contribution is -0.153. The highest BCUT2D eigenvalue weighted by atomic mass is 16.6. The molecule has 4 atom stereocenters. The van der Waals surface area contributed by atoms with Crippen molar-refractivity contribution in [3.8, 4) is 0 Å². The minimum absolute atomic E-state index is 0.167. The third kappa shape index (κ3) is 0.925. The first-order chi connectivity index (χ1) is 6.77. The van der Waals surface area contributed by atoms with Gasteiger partial charge in [0.25, 0.3) is 0 Å². The smallest absolute Gasteiger partial charge is 0.321 e. The van der Waals surface area contributed by atoms with Crippen molar-refractivity contribution in [3.63, 3.8) is 0 Å². The molecular formula is C11H12O3. The summed E-state index contributed by atoms with van der Waals surface area (Å²) in [4.78, 5) is 22.8. The molecule has 0 aromatic rings. The molecule has 1 aliphatic heterocycles. The Labute approximate surface area is 82.1 Å². The molecule has 1 saturated heterocycles. The third-order valence-corrected chi connectivity index (χ3v) is 3.78. The first kappa shape index (κ1) is 8.21. The molecule has 2 aliphatic carbocycles. The van der Waals surface area contributed by atoms with Crippen LogP contribution in [0.1, 0.15) is 19.3 Å². The van der Waals surface area contributed by atoms with Crippen molar-refractivity contribution in [2.45, 2.75) is 19.3 Å². The van der Waals surface area contributed by atoms with Crippen LogP contribution in [0.3, 0.4) is 0 Å². The van der Waals surface area contributed by atoms with Gasteiger partial charge in [0, 0.05) is 0 Å². The number of rotatable bonds is 0. The average molecular weight is 192 g/mol. The largest absolute Gasteiger partial charge is 0.392 e. The van der Waals surface area contributed by atoms with Crippen molar-refractivity contribution in [1.29, 1.82) is 0 Å². The number of carbonyl (C=O) groups is 2. The fraction of sp³-hybridized carbons (Fsp3) is 0.636. The van der Waals surface area contributed by atoms with Gasteiger partial charge in [-0.3, -0.25) is 9.59 Å². The van der Waals surface area contributed by atoms with Crippen molar-refractivity contribution >= 4 is 11.9 Å². The molecule has 3 rings (SSSR count). The van der Waals surface area contributed by atoms with E-state index in [4.69, 9.17) is 0 Å². The van der Waals surface area contributed by atoms with Gasteiger partial charge in [-0.1, -0.05) is 18.6 Å². The molecule has 0 amide bonds. The fourth-order valence-corrected chi connectivity index (χ4v) is 3.13. The Bertz CT molecular complexity index is 331. The third-order valence-electron chi connectivity index (χ3n) is 3.78. The van der Waals surface area contributed by atoms with E-state index in [-0.39, 0.29) is 23.8 Å². The molecule has 1 saturated carbocycles. The van der Waals surface area contributed by atoms with Crippen LogP contribution < -0.4 is 0 Å². The zero-order valence-corrected chi connectivity index (χ0v) is 7.81. The summed E-state index contributed by atoms with van der Waals surface area (Å²) in [5.74, 6) is -0.205. The standard InChI is InChI=1S/C11H12O3/c12-10-8-5-4-6-2-1-3-7(6)9(8)11(13)14-10/h4-9H,1-3H2.